The summed E-state index contributed by atoms with van der Waals surface area (Å²) in [7, 11) is 0. The highest BCUT2D eigenvalue weighted by Crippen LogP contribution is 2.45. The van der Waals surface area contributed by atoms with Crippen LogP contribution in [0.3, 0.4) is 0 Å². The first-order valence-electron chi connectivity index (χ1n) is 16.2. The van der Waals surface area contributed by atoms with E-state index in [0.717, 1.165) is 17.0 Å². The fourth-order valence-electron chi connectivity index (χ4n) is 7.09. The van der Waals surface area contributed by atoms with Crippen molar-refractivity contribution in [3.63, 3.8) is 0 Å². The summed E-state index contributed by atoms with van der Waals surface area (Å²) in [6.07, 6.45) is 0. The number of fused-ring (bicyclic) bond motifs is 4. The maximum Gasteiger partial charge on any atom is 0.236 e. The second-order valence-corrected chi connectivity index (χ2v) is 13.1. The summed E-state index contributed by atoms with van der Waals surface area (Å²) in [5.74, 6) is 0.610. The minimum atomic E-state index is -0.315. The van der Waals surface area contributed by atoms with E-state index in [1.54, 1.807) is 0 Å². The van der Waals surface area contributed by atoms with E-state index in [-0.39, 0.29) is 5.60 Å². The first-order valence-corrected chi connectivity index (χ1v) is 16.2. The average molecular weight is 605 g/mol. The average Bonchev–Trinajstić information content (AvgIpc) is 3.49. The maximum atomic E-state index is 6.14. The Morgan fingerprint density at radius 2 is 1.00 bits per heavy atom. The van der Waals surface area contributed by atoms with Crippen molar-refractivity contribution in [1.82, 2.24) is 4.98 Å². The van der Waals surface area contributed by atoms with E-state index in [1.165, 1.54) is 65.3 Å². The van der Waals surface area contributed by atoms with Crippen molar-refractivity contribution in [3.05, 3.63) is 151 Å². The van der Waals surface area contributed by atoms with Crippen LogP contribution in [0, 0.1) is 0 Å². The van der Waals surface area contributed by atoms with E-state index >= 15 is 0 Å². The molecule has 0 atom stereocenters. The van der Waals surface area contributed by atoms with Crippen LogP contribution < -0.4 is 0 Å². The molecule has 1 aliphatic heterocycles. The van der Waals surface area contributed by atoms with E-state index < -0.39 is 0 Å². The van der Waals surface area contributed by atoms with Gasteiger partial charge in [-0.05, 0) is 110 Å². The number of nitrogens with zero attached hydrogens (tertiary/aromatic N) is 2. The molecule has 0 radical (unpaired) electrons. The Kier molecular flexibility index (Phi) is 6.23. The summed E-state index contributed by atoms with van der Waals surface area (Å²) in [5, 5.41) is 9.82. The van der Waals surface area contributed by atoms with Crippen molar-refractivity contribution in [2.45, 2.75) is 19.4 Å². The SMILES string of the molecule is CC1(C)CN=C(c2cccc(-c3ccc4c(-c5ccc6ccccc6c5)c5ccccc5c(-c5ccc6ccccc6c5)c4c3)n2)O1. The van der Waals surface area contributed by atoms with E-state index in [2.05, 4.69) is 152 Å². The molecule has 7 aromatic carbocycles. The molecule has 1 aromatic heterocycles. The fourth-order valence-corrected chi connectivity index (χ4v) is 7.09. The standard InChI is InChI=1S/C44H32N2O/c1-44(2)27-45-43(47-44)40-17-9-16-39(46-40)32-22-23-37-38(26-32)42(34-21-19-29-11-4-6-13-31(29)25-34)36-15-8-7-14-35(36)41(37)33-20-18-28-10-3-5-12-30(28)24-33/h3-26H,27H2,1-2H3. The Bertz CT molecular complexity index is 2560. The molecule has 224 valence electrons. The molecular formula is C44H32N2O. The largest absolute Gasteiger partial charge is 0.468 e. The molecule has 0 aliphatic carbocycles. The number of hydrogen-bond donors (Lipinski definition) is 0. The predicted octanol–water partition coefficient (Wildman–Crippen LogP) is 11.3. The van der Waals surface area contributed by atoms with Crippen LogP contribution in [0.25, 0.3) is 76.6 Å². The van der Waals surface area contributed by atoms with Crippen LogP contribution in [0.1, 0.15) is 19.5 Å². The lowest BCUT2D eigenvalue weighted by Gasteiger charge is -2.19. The second kappa shape index (κ2) is 10.6. The Labute approximate surface area is 273 Å². The van der Waals surface area contributed by atoms with Crippen LogP contribution in [0.15, 0.2) is 151 Å². The molecule has 0 spiro atoms. The Morgan fingerprint density at radius 1 is 0.468 bits per heavy atom. The highest BCUT2D eigenvalue weighted by Gasteiger charge is 2.29. The van der Waals surface area contributed by atoms with Gasteiger partial charge in [0.2, 0.25) is 5.90 Å². The van der Waals surface area contributed by atoms with Gasteiger partial charge in [0, 0.05) is 5.56 Å². The lowest BCUT2D eigenvalue weighted by molar-refractivity contribution is 0.131. The van der Waals surface area contributed by atoms with Crippen molar-refractivity contribution < 1.29 is 4.74 Å². The third-order valence-electron chi connectivity index (χ3n) is 9.34. The third kappa shape index (κ3) is 4.74. The van der Waals surface area contributed by atoms with Gasteiger partial charge in [0.1, 0.15) is 11.3 Å². The monoisotopic (exact) mass is 604 g/mol. The van der Waals surface area contributed by atoms with Gasteiger partial charge in [0.15, 0.2) is 0 Å². The lowest BCUT2D eigenvalue weighted by Crippen LogP contribution is -2.24. The van der Waals surface area contributed by atoms with Gasteiger partial charge in [-0.15, -0.1) is 0 Å². The molecule has 0 amide bonds. The quantitative estimate of drug-likeness (QED) is 0.187. The zero-order valence-electron chi connectivity index (χ0n) is 26.4. The van der Waals surface area contributed by atoms with Crippen LogP contribution in [0.2, 0.25) is 0 Å². The highest BCUT2D eigenvalue weighted by atomic mass is 16.5. The molecule has 8 aromatic rings. The maximum absolute atomic E-state index is 6.14. The van der Waals surface area contributed by atoms with E-state index in [0.29, 0.717) is 12.4 Å². The summed E-state index contributed by atoms with van der Waals surface area (Å²) >= 11 is 0. The third-order valence-corrected chi connectivity index (χ3v) is 9.34. The van der Waals surface area contributed by atoms with Gasteiger partial charge in [-0.2, -0.15) is 0 Å². The first-order chi connectivity index (χ1) is 23.0. The molecule has 9 rings (SSSR count). The van der Waals surface area contributed by atoms with Crippen molar-refractivity contribution in [1.29, 1.82) is 0 Å². The van der Waals surface area contributed by atoms with E-state index in [4.69, 9.17) is 9.72 Å². The van der Waals surface area contributed by atoms with Crippen molar-refractivity contribution >= 4 is 49.0 Å². The zero-order valence-corrected chi connectivity index (χ0v) is 26.4. The molecule has 3 nitrogen and oxygen atoms in total. The first kappa shape index (κ1) is 27.5. The van der Waals surface area contributed by atoms with Gasteiger partial charge in [0.05, 0.1) is 12.2 Å². The van der Waals surface area contributed by atoms with Crippen LogP contribution in [-0.4, -0.2) is 23.0 Å². The van der Waals surface area contributed by atoms with E-state index in [9.17, 15) is 0 Å². The molecule has 0 saturated heterocycles. The number of hydrogen-bond acceptors (Lipinski definition) is 3. The Hall–Kier alpha value is -5.80. The number of rotatable bonds is 4. The smallest absolute Gasteiger partial charge is 0.236 e. The normalized spacial score (nSPS) is 14.1. The number of benzene rings is 7. The van der Waals surface area contributed by atoms with Crippen LogP contribution in [0.4, 0.5) is 0 Å². The molecule has 0 unspecified atom stereocenters. The van der Waals surface area contributed by atoms with Gasteiger partial charge in [-0.1, -0.05) is 115 Å². The second-order valence-electron chi connectivity index (χ2n) is 13.1. The molecule has 1 aliphatic rings. The Balaban J connectivity index is 1.33. The number of aliphatic imine (C=N–C) groups is 1. The molecule has 2 heterocycles. The minimum absolute atomic E-state index is 0.315. The zero-order chi connectivity index (χ0) is 31.5. The molecular weight excluding hydrogens is 572 g/mol. The van der Waals surface area contributed by atoms with Crippen molar-refractivity contribution in [3.8, 4) is 33.5 Å². The summed E-state index contributed by atoms with van der Waals surface area (Å²) in [4.78, 5) is 9.72. The van der Waals surface area contributed by atoms with Crippen LogP contribution in [0.5, 0.6) is 0 Å². The molecule has 47 heavy (non-hydrogen) atoms. The summed E-state index contributed by atoms with van der Waals surface area (Å²) in [5.41, 5.74) is 7.28. The molecule has 0 N–H and O–H groups in total. The van der Waals surface area contributed by atoms with Crippen LogP contribution in [-0.2, 0) is 4.74 Å². The topological polar surface area (TPSA) is 34.5 Å². The summed E-state index contributed by atoms with van der Waals surface area (Å²) in [6.45, 7) is 4.74. The number of ether oxygens (including phenoxy) is 1. The van der Waals surface area contributed by atoms with Crippen molar-refractivity contribution in [2.24, 2.45) is 4.99 Å². The Morgan fingerprint density at radius 3 is 1.62 bits per heavy atom. The van der Waals surface area contributed by atoms with Gasteiger partial charge in [-0.3, -0.25) is 0 Å². The van der Waals surface area contributed by atoms with Gasteiger partial charge < -0.3 is 4.74 Å². The summed E-state index contributed by atoms with van der Waals surface area (Å²) in [6, 6.07) is 52.6. The van der Waals surface area contributed by atoms with E-state index in [1.807, 2.05) is 12.1 Å². The number of aromatic nitrogens is 1. The molecule has 3 heteroatoms. The molecule has 0 saturated carbocycles. The van der Waals surface area contributed by atoms with Crippen LogP contribution >= 0.6 is 0 Å². The van der Waals surface area contributed by atoms with Gasteiger partial charge in [0.25, 0.3) is 0 Å². The minimum Gasteiger partial charge on any atom is -0.468 e. The number of pyridine rings is 1. The van der Waals surface area contributed by atoms with Crippen molar-refractivity contribution in [2.75, 3.05) is 6.54 Å². The highest BCUT2D eigenvalue weighted by molar-refractivity contribution is 6.22. The molecule has 0 bridgehead atoms. The lowest BCUT2D eigenvalue weighted by atomic mass is 9.84. The summed E-state index contributed by atoms with van der Waals surface area (Å²) < 4.78 is 6.14. The fraction of sp³-hybridized carbons (Fsp3) is 0.0909. The predicted molar refractivity (Wildman–Crippen MR) is 197 cm³/mol. The van der Waals surface area contributed by atoms with Gasteiger partial charge >= 0.3 is 0 Å². The molecule has 0 fully saturated rings. The van der Waals surface area contributed by atoms with Gasteiger partial charge in [-0.25, -0.2) is 9.98 Å².